The fourth-order valence-electron chi connectivity index (χ4n) is 1.15. The molecule has 0 saturated carbocycles. The molecule has 3 nitrogen and oxygen atoms in total. The van der Waals surface area contributed by atoms with Crippen LogP contribution < -0.4 is 10.1 Å². The molecule has 0 unspecified atom stereocenters. The fraction of sp³-hybridized carbons (Fsp3) is 0.300. The van der Waals surface area contributed by atoms with E-state index in [1.54, 1.807) is 6.07 Å². The van der Waals surface area contributed by atoms with Crippen molar-refractivity contribution in [3.63, 3.8) is 0 Å². The maximum atomic E-state index is 8.41. The Morgan fingerprint density at radius 2 is 2.36 bits per heavy atom. The molecule has 74 valence electrons. The Kier molecular flexibility index (Phi) is 4.24. The highest BCUT2D eigenvalue weighted by Gasteiger charge is 2.06. The normalized spacial score (nSPS) is 9.50. The Balaban J connectivity index is 2.91. The predicted molar refractivity (Wildman–Crippen MR) is 55.3 cm³/mol. The smallest absolute Gasteiger partial charge is 0.174 e. The van der Waals surface area contributed by atoms with E-state index in [2.05, 4.69) is 5.32 Å². The van der Waals surface area contributed by atoms with Gasteiger partial charge in [0.2, 0.25) is 0 Å². The molecule has 0 aliphatic heterocycles. The van der Waals surface area contributed by atoms with Gasteiger partial charge >= 0.3 is 0 Å². The van der Waals surface area contributed by atoms with Crippen molar-refractivity contribution in [3.8, 4) is 11.8 Å². The van der Waals surface area contributed by atoms with Gasteiger partial charge in [0.25, 0.3) is 0 Å². The summed E-state index contributed by atoms with van der Waals surface area (Å²) in [5.41, 5.74) is 0.954. The molecule has 1 aromatic rings. The highest BCUT2D eigenvalue weighted by molar-refractivity contribution is 6.32. The SMILES string of the molecule is CNCc1cccc(Cl)c1OCC#N. The lowest BCUT2D eigenvalue weighted by Crippen LogP contribution is -2.07. The minimum Gasteiger partial charge on any atom is -0.477 e. The number of hydrogen-bond acceptors (Lipinski definition) is 3. The minimum atomic E-state index is 0.0143. The van der Waals surface area contributed by atoms with E-state index in [4.69, 9.17) is 21.6 Å². The molecule has 0 aliphatic carbocycles. The molecule has 1 N–H and O–H groups in total. The lowest BCUT2D eigenvalue weighted by atomic mass is 10.2. The molecule has 0 spiro atoms. The van der Waals surface area contributed by atoms with Gasteiger partial charge in [-0.2, -0.15) is 5.26 Å². The third-order valence-electron chi connectivity index (χ3n) is 1.70. The Hall–Kier alpha value is -1.24. The number of nitrogens with one attached hydrogen (secondary N) is 1. The van der Waals surface area contributed by atoms with Crippen molar-refractivity contribution in [2.45, 2.75) is 6.54 Å². The van der Waals surface area contributed by atoms with Gasteiger partial charge in [0.15, 0.2) is 6.61 Å². The second-order valence-corrected chi connectivity index (χ2v) is 3.11. The summed E-state index contributed by atoms with van der Waals surface area (Å²) in [4.78, 5) is 0. The molecule has 14 heavy (non-hydrogen) atoms. The molecule has 0 amide bonds. The average Bonchev–Trinajstić information content (AvgIpc) is 2.18. The standard InChI is InChI=1S/C10H11ClN2O/c1-13-7-8-3-2-4-9(11)10(8)14-6-5-12/h2-4,13H,6-7H2,1H3. The first-order chi connectivity index (χ1) is 6.79. The summed E-state index contributed by atoms with van der Waals surface area (Å²) >= 11 is 5.94. The van der Waals surface area contributed by atoms with Gasteiger partial charge in [0.1, 0.15) is 11.8 Å². The van der Waals surface area contributed by atoms with Gasteiger partial charge in [-0.25, -0.2) is 0 Å². The van der Waals surface area contributed by atoms with Crippen molar-refractivity contribution >= 4 is 11.6 Å². The van der Waals surface area contributed by atoms with Crippen molar-refractivity contribution in [2.24, 2.45) is 0 Å². The average molecular weight is 211 g/mol. The molecule has 0 aromatic heterocycles. The van der Waals surface area contributed by atoms with Gasteiger partial charge in [-0.15, -0.1) is 0 Å². The monoisotopic (exact) mass is 210 g/mol. The zero-order valence-corrected chi connectivity index (χ0v) is 8.64. The third-order valence-corrected chi connectivity index (χ3v) is 1.99. The van der Waals surface area contributed by atoms with Gasteiger partial charge in [0.05, 0.1) is 5.02 Å². The summed E-state index contributed by atoms with van der Waals surface area (Å²) in [6.45, 7) is 0.682. The van der Waals surface area contributed by atoms with Gasteiger partial charge < -0.3 is 10.1 Å². The first-order valence-corrected chi connectivity index (χ1v) is 4.59. The lowest BCUT2D eigenvalue weighted by Gasteiger charge is -2.10. The first kappa shape index (κ1) is 10.8. The van der Waals surface area contributed by atoms with Crippen molar-refractivity contribution < 1.29 is 4.74 Å². The zero-order valence-electron chi connectivity index (χ0n) is 7.88. The van der Waals surface area contributed by atoms with Crippen LogP contribution in [0.2, 0.25) is 5.02 Å². The second-order valence-electron chi connectivity index (χ2n) is 2.71. The molecule has 0 aliphatic rings. The summed E-state index contributed by atoms with van der Waals surface area (Å²) in [7, 11) is 1.84. The molecule has 0 radical (unpaired) electrons. The van der Waals surface area contributed by atoms with Gasteiger partial charge in [-0.3, -0.25) is 0 Å². The van der Waals surface area contributed by atoms with E-state index in [-0.39, 0.29) is 6.61 Å². The van der Waals surface area contributed by atoms with Gasteiger partial charge in [-0.1, -0.05) is 23.7 Å². The second kappa shape index (κ2) is 5.48. The summed E-state index contributed by atoms with van der Waals surface area (Å²) in [6, 6.07) is 7.42. The molecular formula is C10H11ClN2O. The topological polar surface area (TPSA) is 45.0 Å². The molecule has 1 rings (SSSR count). The molecular weight excluding hydrogens is 200 g/mol. The summed E-state index contributed by atoms with van der Waals surface area (Å²) in [5.74, 6) is 0.588. The Morgan fingerprint density at radius 1 is 1.57 bits per heavy atom. The predicted octanol–water partition coefficient (Wildman–Crippen LogP) is 1.96. The van der Waals surface area contributed by atoms with Crippen molar-refractivity contribution in [2.75, 3.05) is 13.7 Å². The highest BCUT2D eigenvalue weighted by Crippen LogP contribution is 2.28. The third kappa shape index (κ3) is 2.63. The number of para-hydroxylation sites is 1. The Bertz CT molecular complexity index is 346. The molecule has 0 heterocycles. The molecule has 0 saturated heterocycles. The van der Waals surface area contributed by atoms with Crippen LogP contribution in [-0.4, -0.2) is 13.7 Å². The van der Waals surface area contributed by atoms with Crippen LogP contribution in [0.15, 0.2) is 18.2 Å². The number of nitrogens with zero attached hydrogens (tertiary/aromatic N) is 1. The number of rotatable bonds is 4. The molecule has 1 aromatic carbocycles. The van der Waals surface area contributed by atoms with Crippen LogP contribution in [0.1, 0.15) is 5.56 Å². The zero-order chi connectivity index (χ0) is 10.4. The van der Waals surface area contributed by atoms with E-state index in [9.17, 15) is 0 Å². The minimum absolute atomic E-state index is 0.0143. The first-order valence-electron chi connectivity index (χ1n) is 4.21. The largest absolute Gasteiger partial charge is 0.477 e. The van der Waals surface area contributed by atoms with Crippen LogP contribution in [0, 0.1) is 11.3 Å². The molecule has 0 atom stereocenters. The highest BCUT2D eigenvalue weighted by atomic mass is 35.5. The van der Waals surface area contributed by atoms with Crippen molar-refractivity contribution in [1.29, 1.82) is 5.26 Å². The Labute approximate surface area is 88.3 Å². The van der Waals surface area contributed by atoms with Crippen LogP contribution in [-0.2, 0) is 6.54 Å². The van der Waals surface area contributed by atoms with Crippen molar-refractivity contribution in [3.05, 3.63) is 28.8 Å². The van der Waals surface area contributed by atoms with Crippen molar-refractivity contribution in [1.82, 2.24) is 5.32 Å². The summed E-state index contributed by atoms with van der Waals surface area (Å²) in [5, 5.41) is 11.9. The van der Waals surface area contributed by atoms with Crippen LogP contribution in [0.3, 0.4) is 0 Å². The van der Waals surface area contributed by atoms with Crippen LogP contribution >= 0.6 is 11.6 Å². The number of ether oxygens (including phenoxy) is 1. The number of benzene rings is 1. The maximum absolute atomic E-state index is 8.41. The Morgan fingerprint density at radius 3 is 3.00 bits per heavy atom. The number of nitriles is 1. The van der Waals surface area contributed by atoms with Crippen LogP contribution in [0.5, 0.6) is 5.75 Å². The quantitative estimate of drug-likeness (QED) is 0.827. The molecule has 0 bridgehead atoms. The van der Waals surface area contributed by atoms with E-state index in [0.717, 1.165) is 5.56 Å². The van der Waals surface area contributed by atoms with E-state index in [1.807, 2.05) is 25.2 Å². The van der Waals surface area contributed by atoms with Gasteiger partial charge in [-0.05, 0) is 13.1 Å². The fourth-order valence-corrected chi connectivity index (χ4v) is 1.40. The summed E-state index contributed by atoms with van der Waals surface area (Å²) in [6.07, 6.45) is 0. The van der Waals surface area contributed by atoms with Gasteiger partial charge in [0, 0.05) is 12.1 Å². The number of halogens is 1. The van der Waals surface area contributed by atoms with E-state index >= 15 is 0 Å². The van der Waals surface area contributed by atoms with E-state index in [0.29, 0.717) is 17.3 Å². The van der Waals surface area contributed by atoms with Crippen LogP contribution in [0.4, 0.5) is 0 Å². The maximum Gasteiger partial charge on any atom is 0.174 e. The van der Waals surface area contributed by atoms with E-state index < -0.39 is 0 Å². The summed E-state index contributed by atoms with van der Waals surface area (Å²) < 4.78 is 5.24. The molecule has 4 heteroatoms. The van der Waals surface area contributed by atoms with Crippen LogP contribution in [0.25, 0.3) is 0 Å². The number of hydrogen-bond donors (Lipinski definition) is 1. The molecule has 0 fully saturated rings. The lowest BCUT2D eigenvalue weighted by molar-refractivity contribution is 0.363. The van der Waals surface area contributed by atoms with E-state index in [1.165, 1.54) is 0 Å².